The molecule has 17 heavy (non-hydrogen) atoms. The Morgan fingerprint density at radius 3 is 2.76 bits per heavy atom. The monoisotopic (exact) mass is 249 g/mol. The van der Waals surface area contributed by atoms with Crippen LogP contribution in [0.1, 0.15) is 6.92 Å². The summed E-state index contributed by atoms with van der Waals surface area (Å²) in [5, 5.41) is 12.6. The maximum atomic E-state index is 10.9. The molecule has 0 unspecified atom stereocenters. The van der Waals surface area contributed by atoms with Gasteiger partial charge in [-0.1, -0.05) is 31.2 Å². The molecule has 5 heteroatoms. The van der Waals surface area contributed by atoms with Crippen LogP contribution < -0.4 is 4.18 Å². The van der Waals surface area contributed by atoms with Crippen LogP contribution in [0.4, 0.5) is 5.69 Å². The molecule has 0 radical (unpaired) electrons. The van der Waals surface area contributed by atoms with Crippen LogP contribution in [0.2, 0.25) is 0 Å². The van der Waals surface area contributed by atoms with Crippen molar-refractivity contribution < 1.29 is 9.11 Å². The molecule has 0 N–H and O–H groups in total. The fraction of sp³-hybridized carbons (Fsp3) is 0.167. The number of nitrogens with zero attached hydrogens (tertiary/aromatic N) is 1. The van der Waals surface area contributed by atoms with Crippen LogP contribution in [-0.4, -0.2) is 10.7 Å². The second-order valence-electron chi connectivity index (χ2n) is 3.38. The molecule has 0 amide bonds. The molecule has 0 aromatic heterocycles. The van der Waals surface area contributed by atoms with Gasteiger partial charge in [-0.2, -0.15) is 0 Å². The van der Waals surface area contributed by atoms with Gasteiger partial charge in [0.1, 0.15) is 0 Å². The molecule has 0 spiro atoms. The van der Waals surface area contributed by atoms with Crippen molar-refractivity contribution in [3.63, 3.8) is 0 Å². The van der Waals surface area contributed by atoms with E-state index in [9.17, 15) is 10.1 Å². The third-order valence-corrected chi connectivity index (χ3v) is 2.84. The smallest absolute Gasteiger partial charge is 0.313 e. The van der Waals surface area contributed by atoms with Crippen molar-refractivity contribution in [3.05, 3.63) is 46.5 Å². The van der Waals surface area contributed by atoms with Gasteiger partial charge in [0.2, 0.25) is 5.75 Å². The maximum absolute atomic E-state index is 10.9. The summed E-state index contributed by atoms with van der Waals surface area (Å²) in [6.45, 7) is 1.93. The van der Waals surface area contributed by atoms with Crippen molar-refractivity contribution in [2.75, 3.05) is 5.75 Å². The zero-order valence-corrected chi connectivity index (χ0v) is 10.1. The number of fused-ring (bicyclic) bond motifs is 1. The zero-order chi connectivity index (χ0) is 12.3. The van der Waals surface area contributed by atoms with E-state index in [1.54, 1.807) is 6.07 Å². The molecule has 0 aliphatic carbocycles. The molecule has 0 bridgehead atoms. The molecule has 2 rings (SSSR count). The first-order valence-corrected chi connectivity index (χ1v) is 6.10. The first kappa shape index (κ1) is 11.7. The van der Waals surface area contributed by atoms with E-state index >= 15 is 0 Å². The first-order chi connectivity index (χ1) is 8.24. The van der Waals surface area contributed by atoms with Gasteiger partial charge < -0.3 is 4.18 Å². The van der Waals surface area contributed by atoms with Crippen LogP contribution in [0.3, 0.4) is 0 Å². The first-order valence-electron chi connectivity index (χ1n) is 5.19. The highest BCUT2D eigenvalue weighted by Gasteiger charge is 2.18. The van der Waals surface area contributed by atoms with Crippen LogP contribution in [0.25, 0.3) is 10.8 Å². The molecule has 0 atom stereocenters. The van der Waals surface area contributed by atoms with Gasteiger partial charge in [0.15, 0.2) is 0 Å². The topological polar surface area (TPSA) is 52.4 Å². The zero-order valence-electron chi connectivity index (χ0n) is 9.25. The Kier molecular flexibility index (Phi) is 3.49. The molecule has 0 saturated heterocycles. The van der Waals surface area contributed by atoms with E-state index in [0.29, 0.717) is 5.75 Å². The van der Waals surface area contributed by atoms with Crippen molar-refractivity contribution in [2.24, 2.45) is 0 Å². The molecular weight excluding hydrogens is 238 g/mol. The molecule has 4 nitrogen and oxygen atoms in total. The Morgan fingerprint density at radius 1 is 1.29 bits per heavy atom. The molecule has 0 aliphatic rings. The maximum Gasteiger partial charge on any atom is 0.313 e. The van der Waals surface area contributed by atoms with Gasteiger partial charge >= 0.3 is 5.69 Å². The van der Waals surface area contributed by atoms with E-state index < -0.39 is 4.92 Å². The summed E-state index contributed by atoms with van der Waals surface area (Å²) in [7, 11) is 0. The minimum atomic E-state index is -0.419. The van der Waals surface area contributed by atoms with Crippen molar-refractivity contribution in [1.82, 2.24) is 0 Å². The number of hydrogen-bond acceptors (Lipinski definition) is 4. The van der Waals surface area contributed by atoms with Gasteiger partial charge in [-0.05, 0) is 11.5 Å². The summed E-state index contributed by atoms with van der Waals surface area (Å²) < 4.78 is 5.44. The number of hydrogen-bond donors (Lipinski definition) is 0. The molecule has 0 fully saturated rings. The molecular formula is C12H11NO3S. The second kappa shape index (κ2) is 5.05. The molecule has 88 valence electrons. The third-order valence-electron chi connectivity index (χ3n) is 2.32. The minimum absolute atomic E-state index is 0.00431. The van der Waals surface area contributed by atoms with Gasteiger partial charge in [0, 0.05) is 17.2 Å². The van der Waals surface area contributed by atoms with Crippen LogP contribution in [0.15, 0.2) is 36.4 Å². The van der Waals surface area contributed by atoms with Gasteiger partial charge in [-0.25, -0.2) is 0 Å². The van der Waals surface area contributed by atoms with E-state index in [0.717, 1.165) is 16.5 Å². The highest BCUT2D eigenvalue weighted by Crippen LogP contribution is 2.37. The summed E-state index contributed by atoms with van der Waals surface area (Å²) in [5.74, 6) is 1.07. The summed E-state index contributed by atoms with van der Waals surface area (Å²) in [6, 6.07) is 10.7. The van der Waals surface area contributed by atoms with Crippen molar-refractivity contribution >= 4 is 28.5 Å². The van der Waals surface area contributed by atoms with E-state index in [4.69, 9.17) is 4.18 Å². The second-order valence-corrected chi connectivity index (χ2v) is 4.36. The van der Waals surface area contributed by atoms with E-state index in [2.05, 4.69) is 0 Å². The minimum Gasteiger partial charge on any atom is -0.418 e. The Hall–Kier alpha value is -1.75. The van der Waals surface area contributed by atoms with Crippen molar-refractivity contribution in [3.8, 4) is 5.75 Å². The Morgan fingerprint density at radius 2 is 2.06 bits per heavy atom. The standard InChI is InChI=1S/C12H11NO3S/c1-2-17-16-12-10-6-4-3-5-9(10)7-8-11(12)13(14)15/h3-8H,2H2,1H3. The lowest BCUT2D eigenvalue weighted by Gasteiger charge is -2.07. The van der Waals surface area contributed by atoms with Gasteiger partial charge in [-0.3, -0.25) is 10.1 Å². The lowest BCUT2D eigenvalue weighted by Crippen LogP contribution is -1.93. The Bertz CT molecular complexity index is 556. The average molecular weight is 249 g/mol. The predicted molar refractivity (Wildman–Crippen MR) is 69.4 cm³/mol. The normalized spacial score (nSPS) is 10.4. The molecule has 0 heterocycles. The highest BCUT2D eigenvalue weighted by molar-refractivity contribution is 7.95. The van der Waals surface area contributed by atoms with E-state index in [1.165, 1.54) is 18.1 Å². The summed E-state index contributed by atoms with van der Waals surface area (Å²) in [5.41, 5.74) is 0.00431. The van der Waals surface area contributed by atoms with E-state index in [-0.39, 0.29) is 5.69 Å². The number of nitro groups is 1. The summed E-state index contributed by atoms with van der Waals surface area (Å²) >= 11 is 1.20. The molecule has 2 aromatic carbocycles. The molecule has 0 aliphatic heterocycles. The number of nitro benzene ring substituents is 1. The largest absolute Gasteiger partial charge is 0.418 e. The highest BCUT2D eigenvalue weighted by atomic mass is 32.2. The number of rotatable bonds is 4. The predicted octanol–water partition coefficient (Wildman–Crippen LogP) is 3.79. The van der Waals surface area contributed by atoms with Gasteiger partial charge in [-0.15, -0.1) is 0 Å². The summed E-state index contributed by atoms with van der Waals surface area (Å²) in [4.78, 5) is 10.5. The van der Waals surface area contributed by atoms with Gasteiger partial charge in [0.25, 0.3) is 0 Å². The van der Waals surface area contributed by atoms with Crippen LogP contribution in [0, 0.1) is 10.1 Å². The van der Waals surface area contributed by atoms with Gasteiger partial charge in [0.05, 0.1) is 17.0 Å². The fourth-order valence-corrected chi connectivity index (χ4v) is 1.99. The lowest BCUT2D eigenvalue weighted by atomic mass is 10.1. The molecule has 0 saturated carbocycles. The Labute approximate surface area is 103 Å². The number of benzene rings is 2. The fourth-order valence-electron chi connectivity index (χ4n) is 1.58. The Balaban J connectivity index is 2.61. The van der Waals surface area contributed by atoms with Crippen molar-refractivity contribution in [1.29, 1.82) is 0 Å². The van der Waals surface area contributed by atoms with Crippen LogP contribution in [0.5, 0.6) is 5.75 Å². The average Bonchev–Trinajstić information content (AvgIpc) is 2.35. The molecule has 2 aromatic rings. The quantitative estimate of drug-likeness (QED) is 0.470. The third kappa shape index (κ3) is 2.34. The summed E-state index contributed by atoms with van der Waals surface area (Å²) in [6.07, 6.45) is 0. The lowest BCUT2D eigenvalue weighted by molar-refractivity contribution is -0.385. The van der Waals surface area contributed by atoms with Crippen LogP contribution >= 0.6 is 12.0 Å². The SMILES string of the molecule is CCSOc1c([N+](=O)[O-])ccc2ccccc12. The van der Waals surface area contributed by atoms with Crippen molar-refractivity contribution in [2.45, 2.75) is 6.92 Å². The van der Waals surface area contributed by atoms with E-state index in [1.807, 2.05) is 31.2 Å². The van der Waals surface area contributed by atoms with Crippen LogP contribution in [-0.2, 0) is 0 Å².